The maximum Gasteiger partial charge on any atom is 0.408 e. The van der Waals surface area contributed by atoms with Gasteiger partial charge in [0.1, 0.15) is 6.04 Å². The fraction of sp³-hybridized carbons (Fsp3) is 0.889. The highest BCUT2D eigenvalue weighted by atomic mass is 31.2. The van der Waals surface area contributed by atoms with Crippen molar-refractivity contribution in [3.05, 3.63) is 0 Å². The molecule has 2 amide bonds. The van der Waals surface area contributed by atoms with Crippen molar-refractivity contribution in [1.82, 2.24) is 10.2 Å². The first-order chi connectivity index (χ1) is 13.5. The van der Waals surface area contributed by atoms with Gasteiger partial charge in [-0.2, -0.15) is 0 Å². The van der Waals surface area contributed by atoms with Crippen molar-refractivity contribution in [2.24, 2.45) is 0 Å². The number of carboxylic acid groups (broad SMARTS) is 1. The Labute approximate surface area is 173 Å². The van der Waals surface area contributed by atoms with Crippen molar-refractivity contribution in [1.29, 1.82) is 0 Å². The van der Waals surface area contributed by atoms with Crippen LogP contribution >= 0.6 is 7.60 Å². The third-order valence-electron chi connectivity index (χ3n) is 3.77. The van der Waals surface area contributed by atoms with E-state index < -0.39 is 25.3 Å². The SMILES string of the molecule is CCOP(=O)(CCOCCOCCNC(=O)C(C)N(C(=O)O)C(C)(C)C)OCC. The number of carbonyl (C=O) groups excluding carboxylic acids is 1. The minimum atomic E-state index is -3.09. The lowest BCUT2D eigenvalue weighted by molar-refractivity contribution is -0.127. The summed E-state index contributed by atoms with van der Waals surface area (Å²) in [6.45, 7) is 12.2. The van der Waals surface area contributed by atoms with E-state index in [0.29, 0.717) is 26.4 Å². The van der Waals surface area contributed by atoms with Gasteiger partial charge in [0.05, 0.1) is 45.8 Å². The zero-order valence-corrected chi connectivity index (χ0v) is 19.3. The van der Waals surface area contributed by atoms with Crippen LogP contribution in [0.15, 0.2) is 0 Å². The second kappa shape index (κ2) is 13.9. The van der Waals surface area contributed by atoms with Gasteiger partial charge in [-0.3, -0.25) is 14.3 Å². The summed E-state index contributed by atoms with van der Waals surface area (Å²) in [7, 11) is -3.09. The fourth-order valence-corrected chi connectivity index (χ4v) is 4.08. The summed E-state index contributed by atoms with van der Waals surface area (Å²) in [5.74, 6) is -0.384. The molecule has 1 unspecified atom stereocenters. The highest BCUT2D eigenvalue weighted by Crippen LogP contribution is 2.47. The Bertz CT molecular complexity index is 528. The average molecular weight is 440 g/mol. The van der Waals surface area contributed by atoms with Gasteiger partial charge >= 0.3 is 13.7 Å². The van der Waals surface area contributed by atoms with E-state index in [-0.39, 0.29) is 31.8 Å². The smallest absolute Gasteiger partial charge is 0.408 e. The third-order valence-corrected chi connectivity index (χ3v) is 5.81. The van der Waals surface area contributed by atoms with Crippen LogP contribution < -0.4 is 5.32 Å². The Hall–Kier alpha value is -1.19. The van der Waals surface area contributed by atoms with Crippen molar-refractivity contribution in [2.75, 3.05) is 52.3 Å². The number of carbonyl (C=O) groups is 2. The summed E-state index contributed by atoms with van der Waals surface area (Å²) in [6.07, 6.45) is -0.969. The molecule has 0 fully saturated rings. The van der Waals surface area contributed by atoms with Gasteiger partial charge in [0.2, 0.25) is 5.91 Å². The van der Waals surface area contributed by atoms with Gasteiger partial charge in [-0.25, -0.2) is 4.79 Å². The van der Waals surface area contributed by atoms with Gasteiger partial charge in [-0.15, -0.1) is 0 Å². The fourth-order valence-electron chi connectivity index (χ4n) is 2.60. The summed E-state index contributed by atoms with van der Waals surface area (Å²) < 4.78 is 33.3. The molecule has 0 aliphatic carbocycles. The predicted octanol–water partition coefficient (Wildman–Crippen LogP) is 2.57. The minimum absolute atomic E-state index is 0.177. The normalized spacial score (nSPS) is 13.2. The molecule has 0 aromatic carbocycles. The molecule has 0 aromatic rings. The molecular formula is C18H37N2O8P. The van der Waals surface area contributed by atoms with Crippen LogP contribution in [0.2, 0.25) is 0 Å². The van der Waals surface area contributed by atoms with Crippen LogP contribution in [0.4, 0.5) is 4.79 Å². The Kier molecular flexibility index (Phi) is 13.4. The van der Waals surface area contributed by atoms with Gasteiger partial charge in [-0.05, 0) is 41.5 Å². The minimum Gasteiger partial charge on any atom is -0.465 e. The van der Waals surface area contributed by atoms with Gasteiger partial charge in [0, 0.05) is 12.1 Å². The first-order valence-corrected chi connectivity index (χ1v) is 11.5. The van der Waals surface area contributed by atoms with E-state index in [1.165, 1.54) is 0 Å². The van der Waals surface area contributed by atoms with Crippen LogP contribution in [0, 0.1) is 0 Å². The molecule has 0 saturated heterocycles. The molecule has 0 saturated carbocycles. The number of ether oxygens (including phenoxy) is 2. The maximum absolute atomic E-state index is 12.2. The molecule has 1 atom stereocenters. The van der Waals surface area contributed by atoms with E-state index in [1.807, 2.05) is 0 Å². The summed E-state index contributed by atoms with van der Waals surface area (Å²) in [4.78, 5) is 24.7. The van der Waals surface area contributed by atoms with E-state index in [4.69, 9.17) is 18.5 Å². The van der Waals surface area contributed by atoms with Gasteiger partial charge in [0.25, 0.3) is 0 Å². The molecular weight excluding hydrogens is 403 g/mol. The largest absolute Gasteiger partial charge is 0.465 e. The molecule has 2 N–H and O–H groups in total. The molecule has 0 heterocycles. The third kappa shape index (κ3) is 11.5. The van der Waals surface area contributed by atoms with E-state index in [9.17, 15) is 19.3 Å². The number of nitrogens with zero attached hydrogens (tertiary/aromatic N) is 1. The lowest BCUT2D eigenvalue weighted by atomic mass is 10.0. The van der Waals surface area contributed by atoms with Gasteiger partial charge in [0.15, 0.2) is 0 Å². The summed E-state index contributed by atoms with van der Waals surface area (Å²) in [5, 5.41) is 12.0. The van der Waals surface area contributed by atoms with E-state index in [1.54, 1.807) is 41.5 Å². The van der Waals surface area contributed by atoms with Crippen LogP contribution in [0.5, 0.6) is 0 Å². The van der Waals surface area contributed by atoms with E-state index >= 15 is 0 Å². The average Bonchev–Trinajstić information content (AvgIpc) is 2.58. The molecule has 29 heavy (non-hydrogen) atoms. The Morgan fingerprint density at radius 2 is 1.55 bits per heavy atom. The second-order valence-corrected chi connectivity index (χ2v) is 9.37. The summed E-state index contributed by atoms with van der Waals surface area (Å²) in [5.41, 5.74) is -0.690. The molecule has 0 aliphatic heterocycles. The number of amides is 2. The quantitative estimate of drug-likeness (QED) is 0.294. The van der Waals surface area contributed by atoms with Crippen LogP contribution in [0.25, 0.3) is 0 Å². The lowest BCUT2D eigenvalue weighted by Crippen LogP contribution is -2.55. The van der Waals surface area contributed by atoms with Crippen molar-refractivity contribution in [3.8, 4) is 0 Å². The number of nitrogens with one attached hydrogen (secondary N) is 1. The summed E-state index contributed by atoms with van der Waals surface area (Å²) >= 11 is 0. The monoisotopic (exact) mass is 440 g/mol. The lowest BCUT2D eigenvalue weighted by Gasteiger charge is -2.37. The van der Waals surface area contributed by atoms with Crippen LogP contribution in [-0.2, 0) is 27.9 Å². The molecule has 0 radical (unpaired) electrons. The van der Waals surface area contributed by atoms with Crippen molar-refractivity contribution in [3.63, 3.8) is 0 Å². The number of hydrogen-bond acceptors (Lipinski definition) is 7. The highest BCUT2D eigenvalue weighted by Gasteiger charge is 2.34. The van der Waals surface area contributed by atoms with Crippen molar-refractivity contribution >= 4 is 19.6 Å². The molecule has 0 aromatic heterocycles. The van der Waals surface area contributed by atoms with Gasteiger partial charge < -0.3 is 28.9 Å². The zero-order chi connectivity index (χ0) is 22.5. The van der Waals surface area contributed by atoms with E-state index in [2.05, 4.69) is 5.32 Å². The van der Waals surface area contributed by atoms with Crippen LogP contribution in [0.3, 0.4) is 0 Å². The Morgan fingerprint density at radius 3 is 2.00 bits per heavy atom. The molecule has 11 heteroatoms. The standard InChI is InChI=1S/C18H37N2O8P/c1-7-27-29(24,28-8-2)14-13-26-12-11-25-10-9-19-16(21)15(3)20(17(22)23)18(4,5)6/h15H,7-14H2,1-6H3,(H,19,21)(H,22,23). The van der Waals surface area contributed by atoms with Crippen molar-refractivity contribution in [2.45, 2.75) is 53.1 Å². The first kappa shape index (κ1) is 27.8. The Balaban J connectivity index is 3.98. The molecule has 0 bridgehead atoms. The predicted molar refractivity (Wildman–Crippen MR) is 109 cm³/mol. The van der Waals surface area contributed by atoms with Gasteiger partial charge in [-0.1, -0.05) is 0 Å². The number of rotatable bonds is 15. The molecule has 0 rings (SSSR count). The maximum atomic E-state index is 12.2. The molecule has 0 spiro atoms. The zero-order valence-electron chi connectivity index (χ0n) is 18.4. The highest BCUT2D eigenvalue weighted by molar-refractivity contribution is 7.53. The molecule has 10 nitrogen and oxygen atoms in total. The Morgan fingerprint density at radius 1 is 1.03 bits per heavy atom. The van der Waals surface area contributed by atoms with Crippen LogP contribution in [0.1, 0.15) is 41.5 Å². The summed E-state index contributed by atoms with van der Waals surface area (Å²) in [6, 6.07) is -0.817. The van der Waals surface area contributed by atoms with E-state index in [0.717, 1.165) is 4.90 Å². The second-order valence-electron chi connectivity index (χ2n) is 7.19. The van der Waals surface area contributed by atoms with Crippen molar-refractivity contribution < 1.29 is 37.8 Å². The molecule has 0 aliphatic rings. The van der Waals surface area contributed by atoms with Crippen LogP contribution in [-0.4, -0.2) is 85.9 Å². The topological polar surface area (TPSA) is 124 Å². The number of hydrogen-bond donors (Lipinski definition) is 2. The molecule has 172 valence electrons. The first-order valence-electron chi connectivity index (χ1n) is 9.82.